The number of likely N-dealkylation sites (N-methyl/N-ethyl adjacent to an activating group) is 2. The Morgan fingerprint density at radius 3 is 2.58 bits per heavy atom. The van der Waals surface area contributed by atoms with Crippen LogP contribution in [0.3, 0.4) is 0 Å². The van der Waals surface area contributed by atoms with E-state index >= 15 is 8.78 Å². The van der Waals surface area contributed by atoms with Crippen molar-refractivity contribution in [3.8, 4) is 0 Å². The Kier molecular flexibility index (Phi) is 9.34. The molecular weight excluding hydrogens is 550 g/mol. The van der Waals surface area contributed by atoms with Crippen LogP contribution in [0, 0.1) is 12.8 Å². The van der Waals surface area contributed by atoms with Crippen molar-refractivity contribution in [3.63, 3.8) is 0 Å². The van der Waals surface area contributed by atoms with Crippen LogP contribution in [0.2, 0.25) is 0 Å². The fraction of sp³-hybridized carbons (Fsp3) is 0.455. The lowest BCUT2D eigenvalue weighted by atomic mass is 9.95. The van der Waals surface area contributed by atoms with Gasteiger partial charge in [0.2, 0.25) is 0 Å². The molecule has 2 aromatic rings. The van der Waals surface area contributed by atoms with E-state index in [-0.39, 0.29) is 34.4 Å². The van der Waals surface area contributed by atoms with Crippen molar-refractivity contribution in [2.75, 3.05) is 56.5 Å². The summed E-state index contributed by atoms with van der Waals surface area (Å²) in [6.45, 7) is 13.2. The van der Waals surface area contributed by atoms with Crippen LogP contribution in [0.4, 0.5) is 20.2 Å². The van der Waals surface area contributed by atoms with E-state index in [2.05, 4.69) is 44.1 Å². The van der Waals surface area contributed by atoms with E-state index in [1.165, 1.54) is 0 Å². The number of carbonyl (C=O) groups excluding carboxylic acids is 1. The molecule has 1 amide bonds. The predicted molar refractivity (Wildman–Crippen MR) is 168 cm³/mol. The summed E-state index contributed by atoms with van der Waals surface area (Å²) in [6, 6.07) is 9.66. The Morgan fingerprint density at radius 1 is 1.19 bits per heavy atom. The maximum Gasteiger partial charge on any atom is 0.260 e. The second-order valence-corrected chi connectivity index (χ2v) is 11.4. The number of H-pyrrole nitrogens is 1. The van der Waals surface area contributed by atoms with Crippen molar-refractivity contribution in [1.29, 1.82) is 0 Å². The molecule has 0 radical (unpaired) electrons. The van der Waals surface area contributed by atoms with Crippen LogP contribution in [0.1, 0.15) is 50.3 Å². The molecule has 43 heavy (non-hydrogen) atoms. The van der Waals surface area contributed by atoms with Crippen molar-refractivity contribution in [3.05, 3.63) is 77.0 Å². The lowest BCUT2D eigenvalue weighted by Gasteiger charge is -2.35. The van der Waals surface area contributed by atoms with Gasteiger partial charge in [-0.3, -0.25) is 4.79 Å². The number of nitrogens with one attached hydrogen (secondary N) is 2. The van der Waals surface area contributed by atoms with Gasteiger partial charge in [0.25, 0.3) is 5.91 Å². The molecule has 3 unspecified atom stereocenters. The number of aromatic amines is 1. The van der Waals surface area contributed by atoms with Crippen LogP contribution in [0.15, 0.2) is 65.0 Å². The third kappa shape index (κ3) is 6.54. The van der Waals surface area contributed by atoms with Crippen molar-refractivity contribution < 1.29 is 18.3 Å². The third-order valence-electron chi connectivity index (χ3n) is 8.46. The first-order valence-electron chi connectivity index (χ1n) is 15.1. The van der Waals surface area contributed by atoms with Crippen LogP contribution in [0.25, 0.3) is 5.83 Å². The molecule has 10 heteroatoms. The fourth-order valence-corrected chi connectivity index (χ4v) is 5.71. The molecule has 8 nitrogen and oxygen atoms in total. The fourth-order valence-electron chi connectivity index (χ4n) is 5.71. The molecule has 1 aromatic carbocycles. The van der Waals surface area contributed by atoms with Crippen molar-refractivity contribution >= 4 is 28.9 Å². The number of benzene rings is 1. The lowest BCUT2D eigenvalue weighted by molar-refractivity contribution is -0.125. The number of nitrogens with zero attached hydrogens (tertiary/aromatic N) is 4. The van der Waals surface area contributed by atoms with Crippen LogP contribution in [-0.2, 0) is 9.53 Å². The quantitative estimate of drug-likeness (QED) is 0.414. The second-order valence-electron chi connectivity index (χ2n) is 11.4. The number of amides is 1. The second kappa shape index (κ2) is 13.2. The summed E-state index contributed by atoms with van der Waals surface area (Å²) < 4.78 is 37.1. The number of allylic oxidation sites excluding steroid dienone is 2. The Morgan fingerprint density at radius 2 is 1.91 bits per heavy atom. The maximum atomic E-state index is 15.8. The highest BCUT2D eigenvalue weighted by Gasteiger charge is 2.37. The van der Waals surface area contributed by atoms with E-state index < -0.39 is 18.1 Å². The number of alkyl halides is 1. The number of anilines is 2. The first-order valence-corrected chi connectivity index (χ1v) is 15.1. The first kappa shape index (κ1) is 30.5. The number of rotatable bonds is 7. The van der Waals surface area contributed by atoms with Crippen LogP contribution < -0.4 is 10.2 Å². The Labute approximate surface area is 252 Å². The van der Waals surface area contributed by atoms with E-state index in [0.29, 0.717) is 24.5 Å². The van der Waals surface area contributed by atoms with Crippen LogP contribution >= 0.6 is 0 Å². The number of ether oxygens (including phenoxy) is 1. The van der Waals surface area contributed by atoms with Gasteiger partial charge < -0.3 is 29.7 Å². The molecule has 0 spiro atoms. The molecule has 1 aromatic heterocycles. The van der Waals surface area contributed by atoms with E-state index in [4.69, 9.17) is 4.74 Å². The number of piperazine rings is 1. The number of carbonyl (C=O) groups is 1. The number of hydrogen-bond donors (Lipinski definition) is 2. The van der Waals surface area contributed by atoms with Gasteiger partial charge in [0.15, 0.2) is 12.3 Å². The molecule has 3 aliphatic rings. The van der Waals surface area contributed by atoms with E-state index in [1.54, 1.807) is 31.1 Å². The van der Waals surface area contributed by atoms with Gasteiger partial charge in [-0.15, -0.1) is 0 Å². The highest BCUT2D eigenvalue weighted by Crippen LogP contribution is 2.40. The third-order valence-corrected chi connectivity index (χ3v) is 8.46. The summed E-state index contributed by atoms with van der Waals surface area (Å²) in [5, 5.41) is 3.33. The lowest BCUT2D eigenvalue weighted by Crippen LogP contribution is -2.46. The molecule has 2 aliphatic heterocycles. The molecule has 5 rings (SSSR count). The van der Waals surface area contributed by atoms with Gasteiger partial charge in [-0.1, -0.05) is 19.9 Å². The topological polar surface area (TPSA) is 76.2 Å². The van der Waals surface area contributed by atoms with E-state index in [0.717, 1.165) is 50.2 Å². The largest absolute Gasteiger partial charge is 0.486 e. The van der Waals surface area contributed by atoms with Gasteiger partial charge in [-0.25, -0.2) is 13.8 Å². The number of aromatic nitrogens is 1. The van der Waals surface area contributed by atoms with E-state index in [9.17, 15) is 4.79 Å². The van der Waals surface area contributed by atoms with Crippen LogP contribution in [0.5, 0.6) is 0 Å². The zero-order valence-electron chi connectivity index (χ0n) is 25.7. The zero-order valence-corrected chi connectivity index (χ0v) is 25.7. The van der Waals surface area contributed by atoms with Gasteiger partial charge in [-0.2, -0.15) is 0 Å². The minimum Gasteiger partial charge on any atom is -0.486 e. The standard InChI is InChI=1S/C33H42F2N6O2/c1-6-39(5)33(42)28-31(43-27-20-26(34)30-25(29(27)35)19-22(4)37-30)21(3)9-8-14-36-32(28)38-23-10-12-24(13-11-23)41-17-15-40(7-2)16-18-41/h8,10-14,19-21,27,29,37H,6-7,9,15-18H2,1-5H3,(H,36,38). The average Bonchev–Trinajstić information content (AvgIpc) is 3.42. The minimum absolute atomic E-state index is 0.133. The first-order chi connectivity index (χ1) is 20.7. The average molecular weight is 593 g/mol. The normalized spacial score (nSPS) is 22.8. The molecular formula is C33H42F2N6O2. The molecule has 230 valence electrons. The number of aryl methyl sites for hydroxylation is 1. The van der Waals surface area contributed by atoms with Crippen LogP contribution in [-0.4, -0.2) is 78.9 Å². The summed E-state index contributed by atoms with van der Waals surface area (Å²) in [4.78, 5) is 27.8. The molecule has 0 bridgehead atoms. The summed E-state index contributed by atoms with van der Waals surface area (Å²) in [5.74, 6) is -0.622. The van der Waals surface area contributed by atoms with Gasteiger partial charge in [-0.05, 0) is 63.2 Å². The Hall–Kier alpha value is -3.92. The number of fused-ring (bicyclic) bond motifs is 1. The summed E-state index contributed by atoms with van der Waals surface area (Å²) in [6.07, 6.45) is 2.36. The number of amidine groups is 1. The maximum absolute atomic E-state index is 15.8. The predicted octanol–water partition coefficient (Wildman–Crippen LogP) is 5.98. The molecule has 3 atom stereocenters. The van der Waals surface area contributed by atoms with Gasteiger partial charge in [0.1, 0.15) is 23.0 Å². The molecule has 0 saturated carbocycles. The highest BCUT2D eigenvalue weighted by atomic mass is 19.1. The number of hydrogen-bond acceptors (Lipinski definition) is 6. The van der Waals surface area contributed by atoms with Gasteiger partial charge in [0, 0.05) is 74.5 Å². The summed E-state index contributed by atoms with van der Waals surface area (Å²) >= 11 is 0. The van der Waals surface area contributed by atoms with Crippen molar-refractivity contribution in [1.82, 2.24) is 14.8 Å². The molecule has 1 aliphatic carbocycles. The number of aliphatic imine (C=N–C) groups is 1. The Bertz CT molecular complexity index is 1440. The molecule has 2 N–H and O–H groups in total. The Balaban J connectivity index is 1.47. The monoisotopic (exact) mass is 592 g/mol. The van der Waals surface area contributed by atoms with Crippen molar-refractivity contribution in [2.24, 2.45) is 10.9 Å². The molecule has 1 fully saturated rings. The minimum atomic E-state index is -1.61. The molecule has 3 heterocycles. The molecule has 1 saturated heterocycles. The van der Waals surface area contributed by atoms with Gasteiger partial charge >= 0.3 is 0 Å². The zero-order chi connectivity index (χ0) is 30.7. The number of halogens is 2. The smallest absolute Gasteiger partial charge is 0.260 e. The summed E-state index contributed by atoms with van der Waals surface area (Å²) in [5.41, 5.74) is 3.10. The SMILES string of the molecule is CCN1CCN(c2ccc(NC3=NC=CCC(C)C(OC4C=C(F)c5[nH]c(C)cc5C4F)=C3C(=O)N(C)CC)cc2)CC1. The van der Waals surface area contributed by atoms with E-state index in [1.807, 2.05) is 32.1 Å². The van der Waals surface area contributed by atoms with Gasteiger partial charge in [0.05, 0.1) is 5.69 Å². The van der Waals surface area contributed by atoms with Crippen molar-refractivity contribution in [2.45, 2.75) is 46.4 Å². The summed E-state index contributed by atoms with van der Waals surface area (Å²) in [7, 11) is 1.70. The highest BCUT2D eigenvalue weighted by molar-refractivity contribution is 6.25.